The summed E-state index contributed by atoms with van der Waals surface area (Å²) in [5, 5.41) is 5.75. The first kappa shape index (κ1) is 12.0. The fraction of sp³-hybridized carbons (Fsp3) is 0.417. The van der Waals surface area contributed by atoms with Crippen LogP contribution in [0.1, 0.15) is 18.5 Å². The smallest absolute Gasteiger partial charge is 0.246 e. The maximum atomic E-state index is 13.1. The molecule has 0 bridgehead atoms. The van der Waals surface area contributed by atoms with E-state index in [2.05, 4.69) is 10.6 Å². The summed E-state index contributed by atoms with van der Waals surface area (Å²) in [5.74, 6) is -0.487. The Morgan fingerprint density at radius 1 is 1.53 bits per heavy atom. The SMILES string of the molecule is CCOCCNC1C(=O)Nc2ccc(F)cc21. The first-order valence-electron chi connectivity index (χ1n) is 5.64. The van der Waals surface area contributed by atoms with Gasteiger partial charge in [0.1, 0.15) is 11.9 Å². The topological polar surface area (TPSA) is 50.4 Å². The summed E-state index contributed by atoms with van der Waals surface area (Å²) in [6.07, 6.45) is 0. The monoisotopic (exact) mass is 238 g/mol. The van der Waals surface area contributed by atoms with Crippen LogP contribution in [0.2, 0.25) is 0 Å². The Hall–Kier alpha value is -1.46. The zero-order chi connectivity index (χ0) is 12.3. The molecule has 0 saturated carbocycles. The van der Waals surface area contributed by atoms with Gasteiger partial charge >= 0.3 is 0 Å². The molecule has 0 fully saturated rings. The van der Waals surface area contributed by atoms with E-state index in [1.54, 1.807) is 6.07 Å². The summed E-state index contributed by atoms with van der Waals surface area (Å²) in [6.45, 7) is 3.64. The lowest BCUT2D eigenvalue weighted by molar-refractivity contribution is -0.117. The van der Waals surface area contributed by atoms with E-state index in [-0.39, 0.29) is 11.7 Å². The maximum Gasteiger partial charge on any atom is 0.246 e. The van der Waals surface area contributed by atoms with E-state index in [1.165, 1.54) is 12.1 Å². The second kappa shape index (κ2) is 5.25. The molecule has 5 heteroatoms. The van der Waals surface area contributed by atoms with Crippen molar-refractivity contribution in [3.05, 3.63) is 29.6 Å². The normalized spacial score (nSPS) is 18.0. The van der Waals surface area contributed by atoms with Gasteiger partial charge in [-0.25, -0.2) is 4.39 Å². The number of anilines is 1. The predicted octanol–water partition coefficient (Wildman–Crippen LogP) is 1.44. The fourth-order valence-corrected chi connectivity index (χ4v) is 1.85. The lowest BCUT2D eigenvalue weighted by Crippen LogP contribution is -2.30. The largest absolute Gasteiger partial charge is 0.380 e. The van der Waals surface area contributed by atoms with Crippen LogP contribution in [0.15, 0.2) is 18.2 Å². The van der Waals surface area contributed by atoms with Gasteiger partial charge in [-0.3, -0.25) is 10.1 Å². The Labute approximate surface area is 99.2 Å². The van der Waals surface area contributed by atoms with Gasteiger partial charge in [0.25, 0.3) is 0 Å². The van der Waals surface area contributed by atoms with E-state index in [4.69, 9.17) is 4.74 Å². The molecule has 1 aliphatic rings. The third-order valence-corrected chi connectivity index (χ3v) is 2.64. The van der Waals surface area contributed by atoms with E-state index in [0.29, 0.717) is 31.0 Å². The van der Waals surface area contributed by atoms with Crippen molar-refractivity contribution in [2.24, 2.45) is 0 Å². The van der Waals surface area contributed by atoms with Crippen LogP contribution in [0.5, 0.6) is 0 Å². The van der Waals surface area contributed by atoms with E-state index >= 15 is 0 Å². The standard InChI is InChI=1S/C12H15FN2O2/c1-2-17-6-5-14-11-9-7-8(13)3-4-10(9)15-12(11)16/h3-4,7,11,14H,2,5-6H2,1H3,(H,15,16). The Morgan fingerprint density at radius 3 is 3.12 bits per heavy atom. The molecule has 1 atom stereocenters. The minimum Gasteiger partial charge on any atom is -0.380 e. The van der Waals surface area contributed by atoms with Crippen LogP contribution >= 0.6 is 0 Å². The molecule has 1 aromatic rings. The fourth-order valence-electron chi connectivity index (χ4n) is 1.85. The molecule has 1 unspecified atom stereocenters. The minimum atomic E-state index is -0.485. The van der Waals surface area contributed by atoms with Crippen LogP contribution < -0.4 is 10.6 Å². The van der Waals surface area contributed by atoms with Crippen molar-refractivity contribution < 1.29 is 13.9 Å². The van der Waals surface area contributed by atoms with Gasteiger partial charge in [-0.05, 0) is 25.1 Å². The summed E-state index contributed by atoms with van der Waals surface area (Å²) in [5.41, 5.74) is 1.33. The highest BCUT2D eigenvalue weighted by molar-refractivity contribution is 6.02. The summed E-state index contributed by atoms with van der Waals surface area (Å²) < 4.78 is 18.3. The average Bonchev–Trinajstić information content (AvgIpc) is 2.61. The highest BCUT2D eigenvalue weighted by Gasteiger charge is 2.30. The number of rotatable bonds is 5. The maximum absolute atomic E-state index is 13.1. The first-order valence-corrected chi connectivity index (χ1v) is 5.64. The molecule has 0 spiro atoms. The van der Waals surface area contributed by atoms with Crippen LogP contribution in [-0.4, -0.2) is 25.7 Å². The van der Waals surface area contributed by atoms with Crippen molar-refractivity contribution in [2.75, 3.05) is 25.1 Å². The van der Waals surface area contributed by atoms with Crippen LogP contribution in [0.25, 0.3) is 0 Å². The molecule has 2 rings (SSSR count). The van der Waals surface area contributed by atoms with Crippen LogP contribution in [0.3, 0.4) is 0 Å². The molecular weight excluding hydrogens is 223 g/mol. The Morgan fingerprint density at radius 2 is 2.35 bits per heavy atom. The Bertz CT molecular complexity index is 423. The van der Waals surface area contributed by atoms with E-state index in [1.807, 2.05) is 6.92 Å². The molecule has 1 amide bonds. The second-order valence-electron chi connectivity index (χ2n) is 3.80. The van der Waals surface area contributed by atoms with E-state index in [0.717, 1.165) is 0 Å². The van der Waals surface area contributed by atoms with Gasteiger partial charge in [-0.15, -0.1) is 0 Å². The number of carbonyl (C=O) groups is 1. The number of ether oxygens (including phenoxy) is 1. The van der Waals surface area contributed by atoms with Crippen molar-refractivity contribution in [3.63, 3.8) is 0 Å². The number of fused-ring (bicyclic) bond motifs is 1. The molecule has 0 aliphatic carbocycles. The minimum absolute atomic E-state index is 0.151. The number of carbonyl (C=O) groups excluding carboxylic acids is 1. The van der Waals surface area contributed by atoms with Crippen LogP contribution in [-0.2, 0) is 9.53 Å². The molecule has 0 radical (unpaired) electrons. The molecule has 1 heterocycles. The number of amides is 1. The quantitative estimate of drug-likeness (QED) is 0.763. The highest BCUT2D eigenvalue weighted by Crippen LogP contribution is 2.30. The van der Waals surface area contributed by atoms with E-state index in [9.17, 15) is 9.18 Å². The molecule has 1 aliphatic heterocycles. The molecule has 17 heavy (non-hydrogen) atoms. The second-order valence-corrected chi connectivity index (χ2v) is 3.80. The predicted molar refractivity (Wildman–Crippen MR) is 62.3 cm³/mol. The molecule has 0 aromatic heterocycles. The molecule has 4 nitrogen and oxygen atoms in total. The van der Waals surface area contributed by atoms with Crippen molar-refractivity contribution in [2.45, 2.75) is 13.0 Å². The molecule has 92 valence electrons. The van der Waals surface area contributed by atoms with Crippen molar-refractivity contribution in [1.29, 1.82) is 0 Å². The number of nitrogens with one attached hydrogen (secondary N) is 2. The molecule has 0 saturated heterocycles. The lowest BCUT2D eigenvalue weighted by atomic mass is 10.1. The summed E-state index contributed by atoms with van der Waals surface area (Å²) in [4.78, 5) is 11.7. The van der Waals surface area contributed by atoms with Crippen molar-refractivity contribution >= 4 is 11.6 Å². The Balaban J connectivity index is 2.03. The average molecular weight is 238 g/mol. The van der Waals surface area contributed by atoms with Gasteiger partial charge in [0.2, 0.25) is 5.91 Å². The molecular formula is C12H15FN2O2. The van der Waals surface area contributed by atoms with Crippen LogP contribution in [0, 0.1) is 5.82 Å². The summed E-state index contributed by atoms with van der Waals surface area (Å²) >= 11 is 0. The Kier molecular flexibility index (Phi) is 3.71. The van der Waals surface area contributed by atoms with E-state index < -0.39 is 6.04 Å². The number of hydrogen-bond acceptors (Lipinski definition) is 3. The van der Waals surface area contributed by atoms with Crippen molar-refractivity contribution in [1.82, 2.24) is 5.32 Å². The first-order chi connectivity index (χ1) is 8.22. The van der Waals surface area contributed by atoms with Gasteiger partial charge in [0.05, 0.1) is 6.61 Å². The third kappa shape index (κ3) is 2.62. The summed E-state index contributed by atoms with van der Waals surface area (Å²) in [7, 11) is 0. The number of hydrogen-bond donors (Lipinski definition) is 2. The van der Waals surface area contributed by atoms with Gasteiger partial charge in [0.15, 0.2) is 0 Å². The van der Waals surface area contributed by atoms with Crippen LogP contribution in [0.4, 0.5) is 10.1 Å². The van der Waals surface area contributed by atoms with Gasteiger partial charge in [0, 0.05) is 24.4 Å². The number of benzene rings is 1. The van der Waals surface area contributed by atoms with Gasteiger partial charge in [-0.1, -0.05) is 0 Å². The zero-order valence-corrected chi connectivity index (χ0v) is 9.63. The van der Waals surface area contributed by atoms with Gasteiger partial charge in [-0.2, -0.15) is 0 Å². The molecule has 2 N–H and O–H groups in total. The van der Waals surface area contributed by atoms with Gasteiger partial charge < -0.3 is 10.1 Å². The third-order valence-electron chi connectivity index (χ3n) is 2.64. The van der Waals surface area contributed by atoms with Crippen molar-refractivity contribution in [3.8, 4) is 0 Å². The zero-order valence-electron chi connectivity index (χ0n) is 9.63. The lowest BCUT2D eigenvalue weighted by Gasteiger charge is -2.11. The number of halogens is 1. The summed E-state index contributed by atoms with van der Waals surface area (Å²) in [6, 6.07) is 3.81. The molecule has 1 aromatic carbocycles. The highest BCUT2D eigenvalue weighted by atomic mass is 19.1.